The molecule has 0 heterocycles. The van der Waals surface area contributed by atoms with E-state index in [4.69, 9.17) is 16.3 Å². The smallest absolute Gasteiger partial charge is 0.194 e. The summed E-state index contributed by atoms with van der Waals surface area (Å²) in [5.41, 5.74) is 0.344. The summed E-state index contributed by atoms with van der Waals surface area (Å²) < 4.78 is 5.64. The molecule has 19 heavy (non-hydrogen) atoms. The van der Waals surface area contributed by atoms with Crippen LogP contribution in [0.3, 0.4) is 0 Å². The largest absolute Gasteiger partial charge is 0.370 e. The number of halogens is 1. The number of hydrogen-bond donors (Lipinski definition) is 0. The Hall–Kier alpha value is -0.860. The van der Waals surface area contributed by atoms with Crippen LogP contribution < -0.4 is 0 Å². The molecule has 1 fully saturated rings. The van der Waals surface area contributed by atoms with Crippen molar-refractivity contribution in [3.05, 3.63) is 34.9 Å². The van der Waals surface area contributed by atoms with Crippen LogP contribution in [0.2, 0.25) is 5.02 Å². The van der Waals surface area contributed by atoms with Gasteiger partial charge in [0.25, 0.3) is 0 Å². The van der Waals surface area contributed by atoms with Crippen molar-refractivity contribution in [3.63, 3.8) is 0 Å². The molecule has 0 N–H and O–H groups in total. The number of methoxy groups -OCH3 is 1. The van der Waals surface area contributed by atoms with Gasteiger partial charge in [-0.25, -0.2) is 0 Å². The Kier molecular flexibility index (Phi) is 4.03. The average molecular weight is 281 g/mol. The number of carbonyl (C=O) groups excluding carboxylic acids is 1. The topological polar surface area (TPSA) is 26.3 Å². The predicted octanol–water partition coefficient (Wildman–Crippen LogP) is 4.51. The Morgan fingerprint density at radius 3 is 2.11 bits per heavy atom. The van der Waals surface area contributed by atoms with Gasteiger partial charge < -0.3 is 4.74 Å². The molecule has 2 nitrogen and oxygen atoms in total. The van der Waals surface area contributed by atoms with E-state index >= 15 is 0 Å². The van der Waals surface area contributed by atoms with Crippen LogP contribution in [0.15, 0.2) is 24.3 Å². The van der Waals surface area contributed by atoms with E-state index in [1.54, 1.807) is 31.4 Å². The van der Waals surface area contributed by atoms with Gasteiger partial charge in [-0.1, -0.05) is 25.4 Å². The fourth-order valence-electron chi connectivity index (χ4n) is 2.72. The molecule has 104 valence electrons. The number of ketones is 1. The van der Waals surface area contributed by atoms with Crippen LogP contribution in [0.1, 0.15) is 49.9 Å². The molecule has 2 rings (SSSR count). The van der Waals surface area contributed by atoms with E-state index in [1.807, 2.05) is 0 Å². The minimum atomic E-state index is -0.649. The molecule has 1 aromatic rings. The third-order valence-electron chi connectivity index (χ3n) is 4.32. The quantitative estimate of drug-likeness (QED) is 0.762. The van der Waals surface area contributed by atoms with Crippen molar-refractivity contribution in [2.24, 2.45) is 5.41 Å². The highest BCUT2D eigenvalue weighted by molar-refractivity contribution is 6.30. The molecule has 1 saturated carbocycles. The number of hydrogen-bond acceptors (Lipinski definition) is 2. The fourth-order valence-corrected chi connectivity index (χ4v) is 2.84. The molecule has 0 saturated heterocycles. The van der Waals surface area contributed by atoms with Crippen LogP contribution >= 0.6 is 11.6 Å². The molecule has 0 radical (unpaired) electrons. The second-order valence-corrected chi connectivity index (χ2v) is 6.64. The van der Waals surface area contributed by atoms with E-state index in [0.717, 1.165) is 25.7 Å². The predicted molar refractivity (Wildman–Crippen MR) is 77.8 cm³/mol. The van der Waals surface area contributed by atoms with Crippen molar-refractivity contribution in [1.29, 1.82) is 0 Å². The summed E-state index contributed by atoms with van der Waals surface area (Å²) in [5.74, 6) is 0.0853. The molecule has 1 aromatic carbocycles. The minimum absolute atomic E-state index is 0.0853. The van der Waals surface area contributed by atoms with Crippen LogP contribution in [-0.4, -0.2) is 18.5 Å². The molecule has 0 aromatic heterocycles. The third kappa shape index (κ3) is 3.01. The van der Waals surface area contributed by atoms with Gasteiger partial charge in [-0.05, 0) is 55.4 Å². The minimum Gasteiger partial charge on any atom is -0.370 e. The van der Waals surface area contributed by atoms with Crippen LogP contribution in [0, 0.1) is 5.41 Å². The standard InChI is InChI=1S/C16H21ClO2/c1-15(2)8-10-16(19-3,11-9-15)14(18)12-4-6-13(17)7-5-12/h4-7H,8-11H2,1-3H3. The average Bonchev–Trinajstić information content (AvgIpc) is 2.40. The summed E-state index contributed by atoms with van der Waals surface area (Å²) >= 11 is 5.87. The molecule has 0 unspecified atom stereocenters. The van der Waals surface area contributed by atoms with Crippen molar-refractivity contribution in [2.75, 3.05) is 7.11 Å². The van der Waals surface area contributed by atoms with Gasteiger partial charge in [0.15, 0.2) is 5.78 Å². The highest BCUT2D eigenvalue weighted by Gasteiger charge is 2.44. The number of Topliss-reactive ketones (excluding diaryl/α,β-unsaturated/α-hetero) is 1. The molecule has 0 atom stereocenters. The van der Waals surface area contributed by atoms with Crippen molar-refractivity contribution >= 4 is 17.4 Å². The van der Waals surface area contributed by atoms with Gasteiger partial charge >= 0.3 is 0 Å². The Balaban J connectivity index is 2.22. The van der Waals surface area contributed by atoms with E-state index in [1.165, 1.54) is 0 Å². The van der Waals surface area contributed by atoms with Crippen LogP contribution in [0.5, 0.6) is 0 Å². The molecule has 0 bridgehead atoms. The van der Waals surface area contributed by atoms with Crippen molar-refractivity contribution in [3.8, 4) is 0 Å². The van der Waals surface area contributed by atoms with Gasteiger partial charge in [0.1, 0.15) is 5.60 Å². The van der Waals surface area contributed by atoms with Crippen molar-refractivity contribution in [1.82, 2.24) is 0 Å². The molecular formula is C16H21ClO2. The summed E-state index contributed by atoms with van der Waals surface area (Å²) in [6, 6.07) is 7.08. The van der Waals surface area contributed by atoms with Gasteiger partial charge in [0.05, 0.1) is 0 Å². The lowest BCUT2D eigenvalue weighted by molar-refractivity contribution is -0.0383. The lowest BCUT2D eigenvalue weighted by Crippen LogP contribution is -2.45. The van der Waals surface area contributed by atoms with Crippen LogP contribution in [-0.2, 0) is 4.74 Å². The first-order valence-electron chi connectivity index (χ1n) is 6.74. The van der Waals surface area contributed by atoms with Crippen molar-refractivity contribution in [2.45, 2.75) is 45.1 Å². The zero-order valence-electron chi connectivity index (χ0n) is 11.8. The Morgan fingerprint density at radius 2 is 1.63 bits per heavy atom. The zero-order valence-corrected chi connectivity index (χ0v) is 12.6. The SMILES string of the molecule is COC1(C(=O)c2ccc(Cl)cc2)CCC(C)(C)CC1. The van der Waals surface area contributed by atoms with Crippen molar-refractivity contribution < 1.29 is 9.53 Å². The Bertz CT molecular complexity index is 452. The highest BCUT2D eigenvalue weighted by atomic mass is 35.5. The van der Waals surface area contributed by atoms with Gasteiger partial charge in [0, 0.05) is 17.7 Å². The van der Waals surface area contributed by atoms with Crippen LogP contribution in [0.4, 0.5) is 0 Å². The maximum absolute atomic E-state index is 12.7. The monoisotopic (exact) mass is 280 g/mol. The number of benzene rings is 1. The maximum atomic E-state index is 12.7. The van der Waals surface area contributed by atoms with Crippen LogP contribution in [0.25, 0.3) is 0 Å². The summed E-state index contributed by atoms with van der Waals surface area (Å²) in [7, 11) is 1.64. The summed E-state index contributed by atoms with van der Waals surface area (Å²) in [4.78, 5) is 12.7. The van der Waals surface area contributed by atoms with E-state index < -0.39 is 5.60 Å². The highest BCUT2D eigenvalue weighted by Crippen LogP contribution is 2.43. The van der Waals surface area contributed by atoms with E-state index in [-0.39, 0.29) is 5.78 Å². The first-order chi connectivity index (χ1) is 8.88. The summed E-state index contributed by atoms with van der Waals surface area (Å²) in [5, 5.41) is 0.646. The van der Waals surface area contributed by atoms with Gasteiger partial charge in [-0.3, -0.25) is 4.79 Å². The third-order valence-corrected chi connectivity index (χ3v) is 4.57. The number of ether oxygens (including phenoxy) is 1. The van der Waals surface area contributed by atoms with E-state index in [0.29, 0.717) is 16.0 Å². The number of carbonyl (C=O) groups is 1. The van der Waals surface area contributed by atoms with Gasteiger partial charge in [-0.2, -0.15) is 0 Å². The summed E-state index contributed by atoms with van der Waals surface area (Å²) in [6.45, 7) is 4.50. The molecule has 0 spiro atoms. The second-order valence-electron chi connectivity index (χ2n) is 6.20. The first-order valence-corrected chi connectivity index (χ1v) is 7.12. The molecule has 1 aliphatic carbocycles. The molecular weight excluding hydrogens is 260 g/mol. The summed E-state index contributed by atoms with van der Waals surface area (Å²) in [6.07, 6.45) is 3.61. The Labute approximate surface area is 120 Å². The van der Waals surface area contributed by atoms with Gasteiger partial charge in [-0.15, -0.1) is 0 Å². The molecule has 0 amide bonds. The van der Waals surface area contributed by atoms with E-state index in [2.05, 4.69) is 13.8 Å². The Morgan fingerprint density at radius 1 is 1.11 bits per heavy atom. The first kappa shape index (κ1) is 14.5. The van der Waals surface area contributed by atoms with Gasteiger partial charge in [0.2, 0.25) is 0 Å². The molecule has 0 aliphatic heterocycles. The zero-order chi connectivity index (χ0) is 14.1. The molecule has 3 heteroatoms. The number of rotatable bonds is 3. The normalized spacial score (nSPS) is 21.1. The fraction of sp³-hybridized carbons (Fsp3) is 0.562. The lowest BCUT2D eigenvalue weighted by atomic mass is 9.68. The van der Waals surface area contributed by atoms with E-state index in [9.17, 15) is 4.79 Å². The molecule has 1 aliphatic rings. The lowest BCUT2D eigenvalue weighted by Gasteiger charge is -2.41. The maximum Gasteiger partial charge on any atom is 0.194 e. The second kappa shape index (κ2) is 5.26.